The predicted molar refractivity (Wildman–Crippen MR) is 113 cm³/mol. The highest BCUT2D eigenvalue weighted by Crippen LogP contribution is 2.22. The molecule has 0 aliphatic carbocycles. The number of nitrogens with zero attached hydrogens (tertiary/aromatic N) is 4. The number of aromatic nitrogens is 3. The number of aryl methyl sites for hydroxylation is 1. The van der Waals surface area contributed by atoms with Gasteiger partial charge in [0, 0.05) is 45.0 Å². The van der Waals surface area contributed by atoms with Crippen LogP contribution in [0.4, 0.5) is 0 Å². The molecule has 3 heterocycles. The zero-order chi connectivity index (χ0) is 17.8. The maximum Gasteiger partial charge on any atom is 0.252 e. The van der Waals surface area contributed by atoms with Crippen molar-refractivity contribution in [1.29, 1.82) is 0 Å². The van der Waals surface area contributed by atoms with E-state index in [0.29, 0.717) is 12.1 Å². The Labute approximate surface area is 173 Å². The van der Waals surface area contributed by atoms with E-state index >= 15 is 0 Å². The van der Waals surface area contributed by atoms with Gasteiger partial charge in [0.1, 0.15) is 0 Å². The van der Waals surface area contributed by atoms with Crippen LogP contribution in [0.3, 0.4) is 0 Å². The van der Waals surface area contributed by atoms with E-state index in [2.05, 4.69) is 39.5 Å². The molecule has 0 saturated carbocycles. The molecule has 1 atom stereocenters. The van der Waals surface area contributed by atoms with Gasteiger partial charge in [-0.25, -0.2) is 9.67 Å². The first-order chi connectivity index (χ1) is 12.1. The van der Waals surface area contributed by atoms with Crippen LogP contribution < -0.4 is 10.6 Å². The summed E-state index contributed by atoms with van der Waals surface area (Å²) in [7, 11) is 0. The number of rotatable bonds is 6. The lowest BCUT2D eigenvalue weighted by molar-refractivity contribution is 0.0948. The van der Waals surface area contributed by atoms with E-state index in [-0.39, 0.29) is 36.8 Å². The second kappa shape index (κ2) is 10.8. The monoisotopic (exact) mass is 416 g/mol. The Morgan fingerprint density at radius 2 is 2.04 bits per heavy atom. The Kier molecular flexibility index (Phi) is 9.45. The first-order valence-electron chi connectivity index (χ1n) is 9.16. The van der Waals surface area contributed by atoms with Gasteiger partial charge in [0.25, 0.3) is 5.91 Å². The third-order valence-electron chi connectivity index (χ3n) is 4.87. The van der Waals surface area contributed by atoms with Gasteiger partial charge < -0.3 is 10.6 Å². The summed E-state index contributed by atoms with van der Waals surface area (Å²) in [6, 6.07) is 2.11. The van der Waals surface area contributed by atoms with Gasteiger partial charge in [-0.2, -0.15) is 5.10 Å². The Balaban J connectivity index is 0.00000182. The van der Waals surface area contributed by atoms with E-state index in [1.54, 1.807) is 6.20 Å². The summed E-state index contributed by atoms with van der Waals surface area (Å²) in [6.45, 7) is 11.8. The van der Waals surface area contributed by atoms with Gasteiger partial charge in [-0.15, -0.1) is 24.8 Å². The van der Waals surface area contributed by atoms with Crippen LogP contribution in [0.25, 0.3) is 11.0 Å². The molecule has 0 aromatic carbocycles. The molecule has 2 aromatic rings. The van der Waals surface area contributed by atoms with Gasteiger partial charge in [-0.05, 0) is 26.3 Å². The van der Waals surface area contributed by atoms with Gasteiger partial charge >= 0.3 is 0 Å². The maximum atomic E-state index is 12.7. The van der Waals surface area contributed by atoms with Crippen molar-refractivity contribution in [3.05, 3.63) is 23.5 Å². The molecule has 27 heavy (non-hydrogen) atoms. The van der Waals surface area contributed by atoms with E-state index in [1.165, 1.54) is 0 Å². The Hall–Kier alpha value is -1.41. The SMILES string of the molecule is CCC(C)n1ncc2c(C(=O)NCCN3CCNCC3)cc(C)nc21.Cl.Cl. The molecular weight excluding hydrogens is 387 g/mol. The van der Waals surface area contributed by atoms with Crippen LogP contribution in [0.5, 0.6) is 0 Å². The number of hydrogen-bond acceptors (Lipinski definition) is 5. The molecule has 1 amide bonds. The lowest BCUT2D eigenvalue weighted by Crippen LogP contribution is -2.46. The van der Waals surface area contributed by atoms with Gasteiger partial charge in [0.15, 0.2) is 5.65 Å². The van der Waals surface area contributed by atoms with Crippen molar-refractivity contribution >= 4 is 41.8 Å². The van der Waals surface area contributed by atoms with Crippen molar-refractivity contribution in [3.63, 3.8) is 0 Å². The van der Waals surface area contributed by atoms with Gasteiger partial charge in [-0.1, -0.05) is 6.92 Å². The second-order valence-electron chi connectivity index (χ2n) is 6.74. The molecule has 1 saturated heterocycles. The molecule has 1 fully saturated rings. The van der Waals surface area contributed by atoms with Crippen molar-refractivity contribution in [3.8, 4) is 0 Å². The maximum absolute atomic E-state index is 12.7. The van der Waals surface area contributed by atoms with E-state index in [1.807, 2.05) is 17.7 Å². The van der Waals surface area contributed by atoms with Crippen molar-refractivity contribution in [1.82, 2.24) is 30.3 Å². The summed E-state index contributed by atoms with van der Waals surface area (Å²) >= 11 is 0. The minimum atomic E-state index is -0.0469. The average Bonchev–Trinajstić information content (AvgIpc) is 3.04. The first-order valence-corrected chi connectivity index (χ1v) is 9.16. The van der Waals surface area contributed by atoms with Crippen LogP contribution in [-0.4, -0.2) is 64.8 Å². The van der Waals surface area contributed by atoms with Crippen LogP contribution in [-0.2, 0) is 0 Å². The molecule has 1 unspecified atom stereocenters. The zero-order valence-electron chi connectivity index (χ0n) is 16.2. The molecular formula is C18H30Cl2N6O. The summed E-state index contributed by atoms with van der Waals surface area (Å²) in [5.41, 5.74) is 2.30. The number of nitrogens with one attached hydrogen (secondary N) is 2. The third kappa shape index (κ3) is 5.54. The Morgan fingerprint density at radius 1 is 1.33 bits per heavy atom. The molecule has 1 aliphatic heterocycles. The number of hydrogen-bond donors (Lipinski definition) is 2. The predicted octanol–water partition coefficient (Wildman–Crippen LogP) is 2.19. The number of piperazine rings is 1. The summed E-state index contributed by atoms with van der Waals surface area (Å²) in [5, 5.41) is 11.7. The normalized spacial score (nSPS) is 15.7. The van der Waals surface area contributed by atoms with Gasteiger partial charge in [0.05, 0.1) is 23.2 Å². The Morgan fingerprint density at radius 3 is 2.70 bits per heavy atom. The van der Waals surface area contributed by atoms with Crippen LogP contribution in [0, 0.1) is 6.92 Å². The minimum Gasteiger partial charge on any atom is -0.351 e. The highest BCUT2D eigenvalue weighted by Gasteiger charge is 2.18. The number of pyridine rings is 1. The summed E-state index contributed by atoms with van der Waals surface area (Å²) < 4.78 is 1.92. The molecule has 0 spiro atoms. The molecule has 2 N–H and O–H groups in total. The second-order valence-corrected chi connectivity index (χ2v) is 6.74. The molecule has 152 valence electrons. The number of fused-ring (bicyclic) bond motifs is 1. The molecule has 0 radical (unpaired) electrons. The standard InChI is InChI=1S/C18H28N6O.2ClH/c1-4-14(3)24-17-16(12-21-24)15(11-13(2)22-17)18(25)20-7-10-23-8-5-19-6-9-23;;/h11-12,14,19H,4-10H2,1-3H3,(H,20,25);2*1H. The molecule has 1 aliphatic rings. The van der Waals surface area contributed by atoms with Crippen LogP contribution >= 0.6 is 24.8 Å². The van der Waals surface area contributed by atoms with Crippen molar-refractivity contribution in [2.45, 2.75) is 33.2 Å². The van der Waals surface area contributed by atoms with E-state index < -0.39 is 0 Å². The fourth-order valence-electron chi connectivity index (χ4n) is 3.18. The van der Waals surface area contributed by atoms with E-state index in [4.69, 9.17) is 0 Å². The molecule has 3 rings (SSSR count). The lowest BCUT2D eigenvalue weighted by Gasteiger charge is -2.27. The molecule has 7 nitrogen and oxygen atoms in total. The third-order valence-corrected chi connectivity index (χ3v) is 4.87. The highest BCUT2D eigenvalue weighted by molar-refractivity contribution is 6.05. The van der Waals surface area contributed by atoms with E-state index in [9.17, 15) is 4.79 Å². The first kappa shape index (κ1) is 23.6. The summed E-state index contributed by atoms with van der Waals surface area (Å²) in [6.07, 6.45) is 2.73. The smallest absolute Gasteiger partial charge is 0.252 e. The van der Waals surface area contributed by atoms with Crippen molar-refractivity contribution in [2.75, 3.05) is 39.3 Å². The van der Waals surface area contributed by atoms with Gasteiger partial charge in [0.2, 0.25) is 0 Å². The number of amides is 1. The summed E-state index contributed by atoms with van der Waals surface area (Å²) in [5.74, 6) is -0.0469. The summed E-state index contributed by atoms with van der Waals surface area (Å²) in [4.78, 5) is 19.7. The lowest BCUT2D eigenvalue weighted by atomic mass is 10.1. The fraction of sp³-hybridized carbons (Fsp3) is 0.611. The van der Waals surface area contributed by atoms with Crippen LogP contribution in [0.15, 0.2) is 12.3 Å². The number of carbonyl (C=O) groups excluding carboxylic acids is 1. The molecule has 0 bridgehead atoms. The number of halogens is 2. The Bertz CT molecular complexity index is 745. The van der Waals surface area contributed by atoms with Crippen molar-refractivity contribution < 1.29 is 4.79 Å². The minimum absolute atomic E-state index is 0. The zero-order valence-corrected chi connectivity index (χ0v) is 17.8. The fourth-order valence-corrected chi connectivity index (χ4v) is 3.18. The van der Waals surface area contributed by atoms with Crippen LogP contribution in [0.1, 0.15) is 42.4 Å². The molecule has 2 aromatic heterocycles. The van der Waals surface area contributed by atoms with Crippen molar-refractivity contribution in [2.24, 2.45) is 0 Å². The van der Waals surface area contributed by atoms with E-state index in [0.717, 1.165) is 55.9 Å². The van der Waals surface area contributed by atoms with Gasteiger partial charge in [-0.3, -0.25) is 9.69 Å². The average molecular weight is 417 g/mol. The quantitative estimate of drug-likeness (QED) is 0.754. The van der Waals surface area contributed by atoms with Crippen LogP contribution in [0.2, 0.25) is 0 Å². The number of carbonyl (C=O) groups is 1. The highest BCUT2D eigenvalue weighted by atomic mass is 35.5. The molecule has 9 heteroatoms. The topological polar surface area (TPSA) is 75.1 Å². The largest absolute Gasteiger partial charge is 0.351 e.